The fraction of sp³-hybridized carbons (Fsp3) is 0.600. The Hall–Kier alpha value is -0.400. The summed E-state index contributed by atoms with van der Waals surface area (Å²) in [6.45, 7) is 6.51. The molecule has 1 aromatic carbocycles. The molecule has 1 atom stereocenters. The van der Waals surface area contributed by atoms with E-state index in [2.05, 4.69) is 20.8 Å². The van der Waals surface area contributed by atoms with Crippen LogP contribution in [0.4, 0.5) is 0 Å². The molecule has 0 aliphatic carbocycles. The number of rotatable bonds is 5. The maximum Gasteiger partial charge on any atom is 0.122 e. The van der Waals surface area contributed by atoms with E-state index in [0.717, 1.165) is 35.6 Å². The molecule has 1 nitrogen and oxygen atoms in total. The Morgan fingerprint density at radius 1 is 1.28 bits per heavy atom. The maximum absolute atomic E-state index is 6.37. The molecule has 0 N–H and O–H groups in total. The Morgan fingerprint density at radius 3 is 2.50 bits per heavy atom. The molecule has 0 bridgehead atoms. The van der Waals surface area contributed by atoms with Crippen molar-refractivity contribution in [2.24, 2.45) is 5.41 Å². The van der Waals surface area contributed by atoms with Crippen molar-refractivity contribution in [2.45, 2.75) is 45.4 Å². The standard InChI is InChI=1S/C15H22Cl2O/c1-15(2,3)14(17)7-5-6-11-10-12(16)8-9-13(11)18-4/h8-10,14H,5-7H2,1-4H3. The third-order valence-electron chi connectivity index (χ3n) is 3.09. The van der Waals surface area contributed by atoms with Gasteiger partial charge in [0.25, 0.3) is 0 Å². The lowest BCUT2D eigenvalue weighted by molar-refractivity contribution is 0.367. The predicted octanol–water partition coefficient (Wildman–Crippen LogP) is 5.32. The highest BCUT2D eigenvalue weighted by Crippen LogP contribution is 2.30. The van der Waals surface area contributed by atoms with Gasteiger partial charge in [0.05, 0.1) is 7.11 Å². The second-order valence-electron chi connectivity index (χ2n) is 5.68. The Morgan fingerprint density at radius 2 is 1.94 bits per heavy atom. The Kier molecular flexibility index (Phi) is 5.81. The quantitative estimate of drug-likeness (QED) is 0.666. The minimum Gasteiger partial charge on any atom is -0.496 e. The fourth-order valence-electron chi connectivity index (χ4n) is 1.85. The van der Waals surface area contributed by atoms with Gasteiger partial charge >= 0.3 is 0 Å². The molecular weight excluding hydrogens is 267 g/mol. The Balaban J connectivity index is 2.56. The summed E-state index contributed by atoms with van der Waals surface area (Å²) in [6.07, 6.45) is 2.99. The van der Waals surface area contributed by atoms with E-state index in [1.54, 1.807) is 7.11 Å². The highest BCUT2D eigenvalue weighted by molar-refractivity contribution is 6.30. The van der Waals surface area contributed by atoms with Crippen LogP contribution in [0, 0.1) is 5.41 Å². The molecule has 0 radical (unpaired) electrons. The van der Waals surface area contributed by atoms with Crippen molar-refractivity contribution >= 4 is 23.2 Å². The average molecular weight is 289 g/mol. The molecule has 0 aromatic heterocycles. The molecule has 0 amide bonds. The Labute approximate surface area is 120 Å². The molecule has 0 aliphatic heterocycles. The molecule has 102 valence electrons. The van der Waals surface area contributed by atoms with Gasteiger partial charge in [-0.05, 0) is 48.4 Å². The molecule has 0 fully saturated rings. The minimum absolute atomic E-state index is 0.153. The molecule has 18 heavy (non-hydrogen) atoms. The van der Waals surface area contributed by atoms with Gasteiger partial charge < -0.3 is 4.74 Å². The van der Waals surface area contributed by atoms with Crippen LogP contribution in [0.3, 0.4) is 0 Å². The van der Waals surface area contributed by atoms with Gasteiger partial charge in [0, 0.05) is 10.4 Å². The third-order valence-corrected chi connectivity index (χ3v) is 4.19. The molecule has 1 rings (SSSR count). The second kappa shape index (κ2) is 6.68. The van der Waals surface area contributed by atoms with Crippen molar-refractivity contribution in [3.05, 3.63) is 28.8 Å². The molecule has 0 spiro atoms. The van der Waals surface area contributed by atoms with Crippen molar-refractivity contribution in [3.8, 4) is 5.75 Å². The first-order valence-electron chi connectivity index (χ1n) is 6.31. The van der Waals surface area contributed by atoms with Crippen molar-refractivity contribution in [1.29, 1.82) is 0 Å². The van der Waals surface area contributed by atoms with E-state index in [4.69, 9.17) is 27.9 Å². The summed E-state index contributed by atoms with van der Waals surface area (Å²) < 4.78 is 5.33. The number of halogens is 2. The lowest BCUT2D eigenvalue weighted by Crippen LogP contribution is -2.20. The highest BCUT2D eigenvalue weighted by atomic mass is 35.5. The van der Waals surface area contributed by atoms with Crippen LogP contribution in [-0.2, 0) is 6.42 Å². The number of alkyl halides is 1. The summed E-state index contributed by atoms with van der Waals surface area (Å²) >= 11 is 12.4. The third kappa shape index (κ3) is 4.70. The number of aryl methyl sites for hydroxylation is 1. The van der Waals surface area contributed by atoms with Crippen molar-refractivity contribution in [2.75, 3.05) is 7.11 Å². The highest BCUT2D eigenvalue weighted by Gasteiger charge is 2.21. The zero-order valence-corrected chi connectivity index (χ0v) is 13.1. The molecular formula is C15H22Cl2O. The SMILES string of the molecule is COc1ccc(Cl)cc1CCCC(Cl)C(C)(C)C. The zero-order valence-electron chi connectivity index (χ0n) is 11.6. The van der Waals surface area contributed by atoms with Crippen LogP contribution >= 0.6 is 23.2 Å². The monoisotopic (exact) mass is 288 g/mol. The molecule has 1 aromatic rings. The Bertz CT molecular complexity index is 383. The molecule has 3 heteroatoms. The van der Waals surface area contributed by atoms with Crippen LogP contribution in [-0.4, -0.2) is 12.5 Å². The van der Waals surface area contributed by atoms with Crippen LogP contribution in [0.15, 0.2) is 18.2 Å². The van der Waals surface area contributed by atoms with Crippen molar-refractivity contribution < 1.29 is 4.74 Å². The van der Waals surface area contributed by atoms with Crippen molar-refractivity contribution in [3.63, 3.8) is 0 Å². The first-order chi connectivity index (χ1) is 8.34. The normalized spacial score (nSPS) is 13.4. The average Bonchev–Trinajstić information content (AvgIpc) is 2.28. The molecule has 0 saturated heterocycles. The van der Waals surface area contributed by atoms with Crippen LogP contribution in [0.2, 0.25) is 5.02 Å². The topological polar surface area (TPSA) is 9.23 Å². The number of methoxy groups -OCH3 is 1. The van der Waals surface area contributed by atoms with Crippen LogP contribution in [0.25, 0.3) is 0 Å². The van der Waals surface area contributed by atoms with Gasteiger partial charge in [0.1, 0.15) is 5.75 Å². The van der Waals surface area contributed by atoms with Gasteiger partial charge in [-0.2, -0.15) is 0 Å². The summed E-state index contributed by atoms with van der Waals surface area (Å²) in [4.78, 5) is 0. The first kappa shape index (κ1) is 15.7. The van der Waals surface area contributed by atoms with Gasteiger partial charge in [-0.15, -0.1) is 11.6 Å². The fourth-order valence-corrected chi connectivity index (χ4v) is 2.20. The lowest BCUT2D eigenvalue weighted by atomic mass is 9.88. The van der Waals surface area contributed by atoms with Crippen LogP contribution in [0.5, 0.6) is 5.75 Å². The first-order valence-corrected chi connectivity index (χ1v) is 7.12. The second-order valence-corrected chi connectivity index (χ2v) is 6.65. The number of benzene rings is 1. The summed E-state index contributed by atoms with van der Waals surface area (Å²) in [7, 11) is 1.69. The maximum atomic E-state index is 6.37. The van der Waals surface area contributed by atoms with E-state index in [0.29, 0.717) is 0 Å². The smallest absolute Gasteiger partial charge is 0.122 e. The number of hydrogen-bond donors (Lipinski definition) is 0. The van der Waals surface area contributed by atoms with Gasteiger partial charge in [-0.1, -0.05) is 32.4 Å². The summed E-state index contributed by atoms with van der Waals surface area (Å²) in [6, 6.07) is 5.74. The number of hydrogen-bond acceptors (Lipinski definition) is 1. The van der Waals surface area contributed by atoms with E-state index in [-0.39, 0.29) is 10.8 Å². The minimum atomic E-state index is 0.153. The van der Waals surface area contributed by atoms with E-state index in [9.17, 15) is 0 Å². The lowest BCUT2D eigenvalue weighted by Gasteiger charge is -2.25. The molecule has 0 aliphatic rings. The predicted molar refractivity (Wildman–Crippen MR) is 80.0 cm³/mol. The van der Waals surface area contributed by atoms with E-state index in [1.807, 2.05) is 18.2 Å². The van der Waals surface area contributed by atoms with Gasteiger partial charge in [-0.25, -0.2) is 0 Å². The number of ether oxygens (including phenoxy) is 1. The summed E-state index contributed by atoms with van der Waals surface area (Å²) in [5.41, 5.74) is 1.31. The van der Waals surface area contributed by atoms with E-state index in [1.165, 1.54) is 0 Å². The summed E-state index contributed by atoms with van der Waals surface area (Å²) in [5, 5.41) is 0.951. The molecule has 0 saturated carbocycles. The summed E-state index contributed by atoms with van der Waals surface area (Å²) in [5.74, 6) is 0.904. The van der Waals surface area contributed by atoms with Crippen molar-refractivity contribution in [1.82, 2.24) is 0 Å². The van der Waals surface area contributed by atoms with Crippen LogP contribution < -0.4 is 4.74 Å². The van der Waals surface area contributed by atoms with E-state index < -0.39 is 0 Å². The molecule has 1 unspecified atom stereocenters. The van der Waals surface area contributed by atoms with Gasteiger partial charge in [0.2, 0.25) is 0 Å². The largest absolute Gasteiger partial charge is 0.496 e. The van der Waals surface area contributed by atoms with Gasteiger partial charge in [-0.3, -0.25) is 0 Å². The molecule has 0 heterocycles. The zero-order chi connectivity index (χ0) is 13.8. The van der Waals surface area contributed by atoms with Crippen LogP contribution in [0.1, 0.15) is 39.2 Å². The van der Waals surface area contributed by atoms with E-state index >= 15 is 0 Å². The van der Waals surface area contributed by atoms with Gasteiger partial charge in [0.15, 0.2) is 0 Å².